The number of para-hydroxylation sites is 2. The highest BCUT2D eigenvalue weighted by Crippen LogP contribution is 2.32. The van der Waals surface area contributed by atoms with Gasteiger partial charge in [-0.2, -0.15) is 0 Å². The maximum Gasteiger partial charge on any atom is 0.264 e. The van der Waals surface area contributed by atoms with Crippen molar-refractivity contribution in [1.82, 2.24) is 0 Å². The van der Waals surface area contributed by atoms with Crippen LogP contribution in [0.2, 0.25) is 0 Å². The lowest BCUT2D eigenvalue weighted by Gasteiger charge is -2.26. The Morgan fingerprint density at radius 2 is 1.39 bits per heavy atom. The summed E-state index contributed by atoms with van der Waals surface area (Å²) in [5.74, 6) is -0.318. The molecule has 4 rings (SSSR count). The van der Waals surface area contributed by atoms with E-state index in [1.54, 1.807) is 67.6 Å². The van der Waals surface area contributed by atoms with Gasteiger partial charge < -0.3 is 10.1 Å². The fraction of sp³-hybridized carbons (Fsp3) is 0.138. The number of carbonyl (C=O) groups is 1. The Morgan fingerprint density at radius 1 is 0.805 bits per heavy atom. The molecule has 0 unspecified atom stereocenters. The molecule has 0 heterocycles. The first kappa shape index (κ1) is 30.1. The minimum Gasteiger partial charge on any atom is -0.492 e. The summed E-state index contributed by atoms with van der Waals surface area (Å²) in [5.41, 5.74) is 1.79. The number of sulfonamides is 2. The lowest BCUT2D eigenvalue weighted by Crippen LogP contribution is -2.38. The first-order valence-electron chi connectivity index (χ1n) is 12.5. The van der Waals surface area contributed by atoms with Crippen LogP contribution in [0.1, 0.15) is 12.5 Å². The van der Waals surface area contributed by atoms with Gasteiger partial charge in [0.25, 0.3) is 20.0 Å². The van der Waals surface area contributed by atoms with Crippen LogP contribution in [0, 0.1) is 6.92 Å². The summed E-state index contributed by atoms with van der Waals surface area (Å²) in [6.07, 6.45) is 0. The molecule has 0 atom stereocenters. The van der Waals surface area contributed by atoms with E-state index in [9.17, 15) is 21.6 Å². The van der Waals surface area contributed by atoms with Gasteiger partial charge in [-0.05, 0) is 86.6 Å². The molecule has 0 bridgehead atoms. The molecule has 4 aromatic rings. The average molecular weight is 659 g/mol. The number of rotatable bonds is 11. The smallest absolute Gasteiger partial charge is 0.264 e. The second-order valence-electron chi connectivity index (χ2n) is 8.91. The Bertz CT molecular complexity index is 1730. The first-order chi connectivity index (χ1) is 19.5. The Balaban J connectivity index is 1.56. The number of anilines is 3. The van der Waals surface area contributed by atoms with Crippen LogP contribution in [0.4, 0.5) is 17.1 Å². The third kappa shape index (κ3) is 7.46. The number of aryl methyl sites for hydroxylation is 1. The Labute approximate surface area is 248 Å². The molecule has 214 valence electrons. The third-order valence-corrected chi connectivity index (χ3v) is 9.57. The van der Waals surface area contributed by atoms with Crippen molar-refractivity contribution < 1.29 is 26.4 Å². The van der Waals surface area contributed by atoms with Crippen LogP contribution >= 0.6 is 15.9 Å². The van der Waals surface area contributed by atoms with Crippen LogP contribution in [-0.4, -0.2) is 35.9 Å². The van der Waals surface area contributed by atoms with E-state index in [0.29, 0.717) is 23.7 Å². The third-order valence-electron chi connectivity index (χ3n) is 5.87. The zero-order valence-electron chi connectivity index (χ0n) is 22.2. The summed E-state index contributed by atoms with van der Waals surface area (Å²) in [7, 11) is -8.02. The predicted octanol–water partition coefficient (Wildman–Crippen LogP) is 5.79. The molecular formula is C29H28BrN3O6S2. The molecule has 0 fully saturated rings. The van der Waals surface area contributed by atoms with Gasteiger partial charge >= 0.3 is 0 Å². The molecule has 2 N–H and O–H groups in total. The van der Waals surface area contributed by atoms with Crippen molar-refractivity contribution in [2.24, 2.45) is 0 Å². The van der Waals surface area contributed by atoms with Gasteiger partial charge in [0.2, 0.25) is 5.91 Å². The second kappa shape index (κ2) is 12.8. The highest BCUT2D eigenvalue weighted by molar-refractivity contribution is 9.10. The minimum atomic E-state index is -4.16. The van der Waals surface area contributed by atoms with Gasteiger partial charge in [-0.1, -0.05) is 45.8 Å². The molecule has 0 aliphatic rings. The van der Waals surface area contributed by atoms with Gasteiger partial charge in [0.15, 0.2) is 0 Å². The zero-order valence-corrected chi connectivity index (χ0v) is 25.5. The predicted molar refractivity (Wildman–Crippen MR) is 163 cm³/mol. The van der Waals surface area contributed by atoms with Crippen molar-refractivity contribution in [2.45, 2.75) is 23.6 Å². The fourth-order valence-electron chi connectivity index (χ4n) is 3.86. The molecule has 9 nitrogen and oxygen atoms in total. The number of amides is 1. The van der Waals surface area contributed by atoms with Crippen LogP contribution in [-0.2, 0) is 24.8 Å². The Hall–Kier alpha value is -3.87. The van der Waals surface area contributed by atoms with E-state index in [0.717, 1.165) is 14.3 Å². The van der Waals surface area contributed by atoms with Gasteiger partial charge in [-0.15, -0.1) is 0 Å². The molecule has 0 aromatic heterocycles. The Kier molecular flexibility index (Phi) is 9.36. The minimum absolute atomic E-state index is 0.00682. The highest BCUT2D eigenvalue weighted by Gasteiger charge is 2.29. The van der Waals surface area contributed by atoms with Crippen LogP contribution in [0.5, 0.6) is 5.75 Å². The molecule has 0 saturated heterocycles. The maximum atomic E-state index is 13.7. The Morgan fingerprint density at radius 3 is 2.02 bits per heavy atom. The lowest BCUT2D eigenvalue weighted by atomic mass is 10.2. The number of nitrogens with one attached hydrogen (secondary N) is 2. The molecule has 0 aliphatic carbocycles. The van der Waals surface area contributed by atoms with E-state index in [1.807, 2.05) is 6.92 Å². The molecule has 12 heteroatoms. The topological polar surface area (TPSA) is 122 Å². The number of hydrogen-bond donors (Lipinski definition) is 2. The SMILES string of the molecule is CCOc1ccccc1N(CC(=O)Nc1ccc(S(=O)(=O)Nc2ccc(Br)cc2)cc1)S(=O)(=O)c1ccc(C)cc1. The average Bonchev–Trinajstić information content (AvgIpc) is 2.94. The van der Waals surface area contributed by atoms with Crippen molar-refractivity contribution in [3.63, 3.8) is 0 Å². The van der Waals surface area contributed by atoms with E-state index in [2.05, 4.69) is 26.0 Å². The summed E-state index contributed by atoms with van der Waals surface area (Å²) in [5, 5.41) is 2.65. The molecule has 41 heavy (non-hydrogen) atoms. The number of carbonyl (C=O) groups excluding carboxylic acids is 1. The quantitative estimate of drug-likeness (QED) is 0.211. The molecule has 4 aromatic carbocycles. The molecule has 0 aliphatic heterocycles. The van der Waals surface area contributed by atoms with Crippen LogP contribution in [0.3, 0.4) is 0 Å². The molecular weight excluding hydrogens is 630 g/mol. The fourth-order valence-corrected chi connectivity index (χ4v) is 6.61. The van der Waals surface area contributed by atoms with Gasteiger partial charge in [-0.3, -0.25) is 13.8 Å². The van der Waals surface area contributed by atoms with E-state index < -0.39 is 32.5 Å². The standard InChI is InChI=1S/C29H28BrN3O6S2/c1-3-39-28-7-5-4-6-27(28)33(41(37,38)26-16-8-21(2)9-17-26)20-29(34)31-23-14-18-25(19-15-23)40(35,36)32-24-12-10-22(30)11-13-24/h4-19,32H,3,20H2,1-2H3,(H,31,34). The van der Waals surface area contributed by atoms with E-state index in [1.165, 1.54) is 36.4 Å². The van der Waals surface area contributed by atoms with Gasteiger partial charge in [0.05, 0.1) is 22.1 Å². The summed E-state index contributed by atoms with van der Waals surface area (Å²) in [4.78, 5) is 13.2. The number of hydrogen-bond acceptors (Lipinski definition) is 6. The van der Waals surface area contributed by atoms with E-state index >= 15 is 0 Å². The van der Waals surface area contributed by atoms with Crippen molar-refractivity contribution in [2.75, 3.05) is 27.5 Å². The first-order valence-corrected chi connectivity index (χ1v) is 16.2. The van der Waals surface area contributed by atoms with Gasteiger partial charge in [0.1, 0.15) is 12.3 Å². The number of ether oxygens (including phenoxy) is 1. The summed E-state index contributed by atoms with van der Waals surface area (Å²) >= 11 is 3.31. The van der Waals surface area contributed by atoms with Crippen LogP contribution in [0.25, 0.3) is 0 Å². The molecule has 0 radical (unpaired) electrons. The van der Waals surface area contributed by atoms with Crippen molar-refractivity contribution in [3.8, 4) is 5.75 Å². The summed E-state index contributed by atoms with van der Waals surface area (Å²) < 4.78 is 63.0. The largest absolute Gasteiger partial charge is 0.492 e. The zero-order chi connectivity index (χ0) is 29.6. The number of nitrogens with zero attached hydrogens (tertiary/aromatic N) is 1. The number of benzene rings is 4. The maximum absolute atomic E-state index is 13.7. The molecule has 0 spiro atoms. The summed E-state index contributed by atoms with van der Waals surface area (Å²) in [6.45, 7) is 3.37. The summed E-state index contributed by atoms with van der Waals surface area (Å²) in [6, 6.07) is 25.2. The van der Waals surface area contributed by atoms with Crippen molar-refractivity contribution in [1.29, 1.82) is 0 Å². The van der Waals surface area contributed by atoms with Gasteiger partial charge in [0, 0.05) is 15.8 Å². The lowest BCUT2D eigenvalue weighted by molar-refractivity contribution is -0.114. The molecule has 0 saturated carbocycles. The van der Waals surface area contributed by atoms with Crippen molar-refractivity contribution >= 4 is 58.9 Å². The van der Waals surface area contributed by atoms with Gasteiger partial charge in [-0.25, -0.2) is 16.8 Å². The van der Waals surface area contributed by atoms with Crippen LogP contribution < -0.4 is 19.1 Å². The molecule has 1 amide bonds. The van der Waals surface area contributed by atoms with E-state index in [4.69, 9.17) is 4.74 Å². The van der Waals surface area contributed by atoms with E-state index in [-0.39, 0.29) is 15.5 Å². The monoisotopic (exact) mass is 657 g/mol. The number of halogens is 1. The van der Waals surface area contributed by atoms with Crippen molar-refractivity contribution in [3.05, 3.63) is 107 Å². The second-order valence-corrected chi connectivity index (χ2v) is 13.4. The van der Waals surface area contributed by atoms with Crippen LogP contribution in [0.15, 0.2) is 111 Å². The normalized spacial score (nSPS) is 11.5. The highest BCUT2D eigenvalue weighted by atomic mass is 79.9.